The maximum Gasteiger partial charge on any atom is 0.273 e. The average Bonchev–Trinajstić information content (AvgIpc) is 3.24. The van der Waals surface area contributed by atoms with Crippen molar-refractivity contribution in [3.63, 3.8) is 0 Å². The molecule has 0 aliphatic carbocycles. The predicted molar refractivity (Wildman–Crippen MR) is 114 cm³/mol. The van der Waals surface area contributed by atoms with Crippen molar-refractivity contribution in [2.24, 2.45) is 0 Å². The van der Waals surface area contributed by atoms with E-state index < -0.39 is 0 Å². The Balaban J connectivity index is 1.57. The van der Waals surface area contributed by atoms with Crippen LogP contribution in [-0.4, -0.2) is 49.7 Å². The quantitative estimate of drug-likeness (QED) is 0.522. The van der Waals surface area contributed by atoms with Crippen molar-refractivity contribution in [3.05, 3.63) is 59.6 Å². The molecule has 0 N–H and O–H groups in total. The molecule has 0 bridgehead atoms. The van der Waals surface area contributed by atoms with Crippen LogP contribution in [0.1, 0.15) is 17.4 Å². The van der Waals surface area contributed by atoms with Gasteiger partial charge in [-0.05, 0) is 43.3 Å². The number of carbonyl (C=O) groups excluding carboxylic acids is 1. The lowest BCUT2D eigenvalue weighted by molar-refractivity contribution is 0.0768. The molecule has 1 aromatic heterocycles. The second-order valence-electron chi connectivity index (χ2n) is 6.22. The summed E-state index contributed by atoms with van der Waals surface area (Å²) in [7, 11) is 3.34. The van der Waals surface area contributed by atoms with Gasteiger partial charge in [0.2, 0.25) is 0 Å². The molecule has 3 rings (SSSR count). The monoisotopic (exact) mass is 412 g/mol. The van der Waals surface area contributed by atoms with Crippen molar-refractivity contribution in [2.75, 3.05) is 33.9 Å². The van der Waals surface area contributed by atoms with E-state index in [1.54, 1.807) is 24.4 Å². The second kappa shape index (κ2) is 9.93. The molecule has 6 nitrogen and oxygen atoms in total. The summed E-state index contributed by atoms with van der Waals surface area (Å²) in [6.07, 6.45) is 0. The Kier molecular flexibility index (Phi) is 7.08. The normalized spacial score (nSPS) is 10.4. The van der Waals surface area contributed by atoms with Crippen LogP contribution in [0.15, 0.2) is 53.9 Å². The Labute approximate surface area is 174 Å². The SMILES string of the molecule is CCOc1ccc(-c2nc(C(=O)N(C)CCOc3ccccc3OC)cs2)cc1. The Morgan fingerprint density at radius 2 is 1.79 bits per heavy atom. The number of nitrogens with zero attached hydrogens (tertiary/aromatic N) is 2. The number of hydrogen-bond donors (Lipinski definition) is 0. The van der Waals surface area contributed by atoms with Gasteiger partial charge in [-0.15, -0.1) is 11.3 Å². The molecule has 2 aromatic carbocycles. The van der Waals surface area contributed by atoms with Crippen LogP contribution in [0.5, 0.6) is 17.2 Å². The van der Waals surface area contributed by atoms with Crippen LogP contribution in [0.3, 0.4) is 0 Å². The van der Waals surface area contributed by atoms with E-state index in [1.807, 2.05) is 55.5 Å². The van der Waals surface area contributed by atoms with Gasteiger partial charge in [-0.3, -0.25) is 4.79 Å². The van der Waals surface area contributed by atoms with E-state index in [9.17, 15) is 4.79 Å². The number of thiazole rings is 1. The molecule has 0 aliphatic heterocycles. The van der Waals surface area contributed by atoms with Crippen LogP contribution in [0.25, 0.3) is 10.6 Å². The maximum absolute atomic E-state index is 12.7. The predicted octanol–water partition coefficient (Wildman–Crippen LogP) is 4.37. The Morgan fingerprint density at radius 3 is 2.48 bits per heavy atom. The standard InChI is InChI=1S/C22H24N2O4S/c1-4-27-17-11-9-16(10-12-17)21-23-18(15-29-21)22(25)24(2)13-14-28-20-8-6-5-7-19(20)26-3/h5-12,15H,4,13-14H2,1-3H3. The van der Waals surface area contributed by atoms with Crippen LogP contribution >= 0.6 is 11.3 Å². The summed E-state index contributed by atoms with van der Waals surface area (Å²) in [4.78, 5) is 18.8. The van der Waals surface area contributed by atoms with Crippen molar-refractivity contribution in [2.45, 2.75) is 6.92 Å². The zero-order valence-electron chi connectivity index (χ0n) is 16.8. The highest BCUT2D eigenvalue weighted by Gasteiger charge is 2.16. The fraction of sp³-hybridized carbons (Fsp3) is 0.273. The summed E-state index contributed by atoms with van der Waals surface area (Å²) in [5.74, 6) is 2.00. The molecule has 0 unspecified atom stereocenters. The highest BCUT2D eigenvalue weighted by molar-refractivity contribution is 7.13. The van der Waals surface area contributed by atoms with E-state index in [0.717, 1.165) is 16.3 Å². The van der Waals surface area contributed by atoms with E-state index in [1.165, 1.54) is 11.3 Å². The number of likely N-dealkylation sites (N-methyl/N-ethyl adjacent to an activating group) is 1. The first-order chi connectivity index (χ1) is 14.1. The minimum atomic E-state index is -0.137. The van der Waals surface area contributed by atoms with Gasteiger partial charge in [-0.1, -0.05) is 12.1 Å². The molecule has 29 heavy (non-hydrogen) atoms. The molecular weight excluding hydrogens is 388 g/mol. The molecule has 1 heterocycles. The third-order valence-electron chi connectivity index (χ3n) is 4.24. The second-order valence-corrected chi connectivity index (χ2v) is 7.08. The summed E-state index contributed by atoms with van der Waals surface area (Å²) in [6.45, 7) is 3.37. The van der Waals surface area contributed by atoms with Gasteiger partial charge in [-0.25, -0.2) is 4.98 Å². The first-order valence-corrected chi connectivity index (χ1v) is 10.2. The van der Waals surface area contributed by atoms with Gasteiger partial charge in [0, 0.05) is 18.0 Å². The molecule has 0 aliphatic rings. The molecule has 0 radical (unpaired) electrons. The van der Waals surface area contributed by atoms with Gasteiger partial charge in [0.25, 0.3) is 5.91 Å². The third-order valence-corrected chi connectivity index (χ3v) is 5.13. The van der Waals surface area contributed by atoms with Gasteiger partial charge in [0.05, 0.1) is 20.3 Å². The molecule has 0 saturated heterocycles. The molecule has 1 amide bonds. The first kappa shape index (κ1) is 20.7. The number of aromatic nitrogens is 1. The van der Waals surface area contributed by atoms with Crippen LogP contribution in [-0.2, 0) is 0 Å². The number of para-hydroxylation sites is 2. The number of ether oxygens (including phenoxy) is 3. The van der Waals surface area contributed by atoms with Crippen molar-refractivity contribution in [3.8, 4) is 27.8 Å². The summed E-state index contributed by atoms with van der Waals surface area (Å²) in [5.41, 5.74) is 1.39. The summed E-state index contributed by atoms with van der Waals surface area (Å²) in [5, 5.41) is 2.58. The van der Waals surface area contributed by atoms with E-state index in [2.05, 4.69) is 4.98 Å². The highest BCUT2D eigenvalue weighted by atomic mass is 32.1. The average molecular weight is 413 g/mol. The van der Waals surface area contributed by atoms with Crippen molar-refractivity contribution in [1.29, 1.82) is 0 Å². The third kappa shape index (κ3) is 5.26. The highest BCUT2D eigenvalue weighted by Crippen LogP contribution is 2.27. The Morgan fingerprint density at radius 1 is 1.07 bits per heavy atom. The maximum atomic E-state index is 12.7. The molecule has 0 atom stereocenters. The van der Waals surface area contributed by atoms with E-state index in [4.69, 9.17) is 14.2 Å². The van der Waals surface area contributed by atoms with Crippen molar-refractivity contribution < 1.29 is 19.0 Å². The summed E-state index contributed by atoms with van der Waals surface area (Å²) in [6, 6.07) is 15.1. The van der Waals surface area contributed by atoms with Crippen LogP contribution < -0.4 is 14.2 Å². The van der Waals surface area contributed by atoms with E-state index in [-0.39, 0.29) is 5.91 Å². The molecule has 7 heteroatoms. The van der Waals surface area contributed by atoms with Gasteiger partial charge in [0.15, 0.2) is 11.5 Å². The number of hydrogen-bond acceptors (Lipinski definition) is 6. The fourth-order valence-electron chi connectivity index (χ4n) is 2.69. The molecule has 152 valence electrons. The number of amides is 1. The Bertz CT molecular complexity index is 940. The number of methoxy groups -OCH3 is 1. The van der Waals surface area contributed by atoms with Crippen molar-refractivity contribution >= 4 is 17.2 Å². The van der Waals surface area contributed by atoms with Gasteiger partial charge < -0.3 is 19.1 Å². The first-order valence-electron chi connectivity index (χ1n) is 9.32. The lowest BCUT2D eigenvalue weighted by Gasteiger charge is -2.17. The molecule has 0 saturated carbocycles. The topological polar surface area (TPSA) is 60.9 Å². The van der Waals surface area contributed by atoms with Gasteiger partial charge in [0.1, 0.15) is 23.1 Å². The Hall–Kier alpha value is -3.06. The van der Waals surface area contributed by atoms with Crippen LogP contribution in [0.4, 0.5) is 0 Å². The number of carbonyl (C=O) groups is 1. The van der Waals surface area contributed by atoms with Crippen molar-refractivity contribution in [1.82, 2.24) is 9.88 Å². The lowest BCUT2D eigenvalue weighted by atomic mass is 10.2. The van der Waals surface area contributed by atoms with Crippen LogP contribution in [0, 0.1) is 0 Å². The molecular formula is C22H24N2O4S. The van der Waals surface area contributed by atoms with Gasteiger partial charge >= 0.3 is 0 Å². The summed E-state index contributed by atoms with van der Waals surface area (Å²) >= 11 is 1.45. The number of rotatable bonds is 9. The minimum Gasteiger partial charge on any atom is -0.494 e. The lowest BCUT2D eigenvalue weighted by Crippen LogP contribution is -2.31. The van der Waals surface area contributed by atoms with E-state index >= 15 is 0 Å². The zero-order valence-corrected chi connectivity index (χ0v) is 17.6. The summed E-state index contributed by atoms with van der Waals surface area (Å²) < 4.78 is 16.5. The fourth-order valence-corrected chi connectivity index (χ4v) is 3.49. The van der Waals surface area contributed by atoms with E-state index in [0.29, 0.717) is 37.0 Å². The number of benzene rings is 2. The zero-order chi connectivity index (χ0) is 20.6. The largest absolute Gasteiger partial charge is 0.494 e. The minimum absolute atomic E-state index is 0.137. The smallest absolute Gasteiger partial charge is 0.273 e. The molecule has 0 spiro atoms. The van der Waals surface area contributed by atoms with Gasteiger partial charge in [-0.2, -0.15) is 0 Å². The van der Waals surface area contributed by atoms with Crippen LogP contribution in [0.2, 0.25) is 0 Å². The molecule has 3 aromatic rings. The molecule has 0 fully saturated rings.